The maximum atomic E-state index is 13.5. The summed E-state index contributed by atoms with van der Waals surface area (Å²) in [6, 6.07) is 12.8. The molecule has 0 aromatic heterocycles. The summed E-state index contributed by atoms with van der Waals surface area (Å²) in [5.41, 5.74) is 0.642. The lowest BCUT2D eigenvalue weighted by Gasteiger charge is -2.14. The quantitative estimate of drug-likeness (QED) is 0.740. The van der Waals surface area contributed by atoms with E-state index in [1.165, 1.54) is 12.1 Å². The van der Waals surface area contributed by atoms with Crippen molar-refractivity contribution in [2.45, 2.75) is 0 Å². The van der Waals surface area contributed by atoms with Gasteiger partial charge in [-0.15, -0.1) is 0 Å². The van der Waals surface area contributed by atoms with E-state index in [1.807, 2.05) is 0 Å². The van der Waals surface area contributed by atoms with Crippen LogP contribution in [0.1, 0.15) is 0 Å². The largest absolute Gasteiger partial charge is 0.322 e. The lowest BCUT2D eigenvalue weighted by atomic mass is 10.3. The normalized spacial score (nSPS) is 11.6. The Bertz CT molecular complexity index is 678. The summed E-state index contributed by atoms with van der Waals surface area (Å²) >= 11 is 5.97. The fourth-order valence-electron chi connectivity index (χ4n) is 2.12. The van der Waals surface area contributed by atoms with Crippen LogP contribution in [0.4, 0.5) is 15.8 Å². The zero-order chi connectivity index (χ0) is 17.5. The number of quaternary nitrogens is 1. The second kappa shape index (κ2) is 8.42. The van der Waals surface area contributed by atoms with E-state index in [1.54, 1.807) is 43.4 Å². The number of benzene rings is 2. The Morgan fingerprint density at radius 1 is 0.958 bits per heavy atom. The van der Waals surface area contributed by atoms with Gasteiger partial charge in [-0.3, -0.25) is 9.59 Å². The molecule has 0 saturated heterocycles. The molecular formula is C17H18ClFN3O2+. The first kappa shape index (κ1) is 17.9. The highest BCUT2D eigenvalue weighted by atomic mass is 35.5. The van der Waals surface area contributed by atoms with E-state index < -0.39 is 5.82 Å². The fourth-order valence-corrected chi connectivity index (χ4v) is 2.31. The first-order valence-electron chi connectivity index (χ1n) is 7.36. The van der Waals surface area contributed by atoms with Crippen molar-refractivity contribution >= 4 is 34.8 Å². The van der Waals surface area contributed by atoms with E-state index in [0.29, 0.717) is 15.6 Å². The van der Waals surface area contributed by atoms with Crippen LogP contribution in [-0.4, -0.2) is 32.0 Å². The number of likely N-dealkylation sites (N-methyl/N-ethyl adjacent to an activating group) is 1. The molecule has 0 fully saturated rings. The molecule has 0 bridgehead atoms. The number of carbonyl (C=O) groups is 2. The number of nitrogens with one attached hydrogen (secondary N) is 3. The van der Waals surface area contributed by atoms with Crippen LogP contribution in [0.2, 0.25) is 5.02 Å². The molecule has 0 saturated carbocycles. The Kier molecular flexibility index (Phi) is 6.28. The summed E-state index contributed by atoms with van der Waals surface area (Å²) in [5, 5.41) is 5.62. The maximum absolute atomic E-state index is 13.5. The average molecular weight is 351 g/mol. The van der Waals surface area contributed by atoms with Gasteiger partial charge in [-0.05, 0) is 24.3 Å². The van der Waals surface area contributed by atoms with Crippen molar-refractivity contribution in [1.82, 2.24) is 0 Å². The van der Waals surface area contributed by atoms with Gasteiger partial charge in [-0.1, -0.05) is 35.9 Å². The monoisotopic (exact) mass is 350 g/mol. The number of hydrogen-bond acceptors (Lipinski definition) is 2. The van der Waals surface area contributed by atoms with Gasteiger partial charge in [0.15, 0.2) is 13.1 Å². The van der Waals surface area contributed by atoms with Crippen molar-refractivity contribution in [2.24, 2.45) is 0 Å². The van der Waals surface area contributed by atoms with Crippen LogP contribution in [0.15, 0.2) is 48.5 Å². The van der Waals surface area contributed by atoms with E-state index in [-0.39, 0.29) is 30.6 Å². The number of para-hydroxylation sites is 2. The molecule has 0 aliphatic rings. The highest BCUT2D eigenvalue weighted by Gasteiger charge is 2.16. The molecule has 0 spiro atoms. The number of carbonyl (C=O) groups excluding carboxylic acids is 2. The van der Waals surface area contributed by atoms with Crippen LogP contribution < -0.4 is 15.5 Å². The van der Waals surface area contributed by atoms with Crippen LogP contribution in [0.3, 0.4) is 0 Å². The lowest BCUT2D eigenvalue weighted by molar-refractivity contribution is -0.862. The number of halogens is 2. The van der Waals surface area contributed by atoms with Crippen LogP contribution in [0, 0.1) is 5.82 Å². The number of anilines is 2. The molecule has 1 atom stereocenters. The Hall–Kier alpha value is -2.44. The molecule has 7 heteroatoms. The standard InChI is InChI=1S/C17H17ClFN3O2/c1-22(10-16(23)20-14-8-4-2-6-12(14)18)11-17(24)21-15-9-5-3-7-13(15)19/h2-9H,10-11H2,1H3,(H,20,23)(H,21,24)/p+1. The molecule has 2 amide bonds. The van der Waals surface area contributed by atoms with Gasteiger partial charge >= 0.3 is 0 Å². The zero-order valence-electron chi connectivity index (χ0n) is 13.1. The van der Waals surface area contributed by atoms with E-state index in [4.69, 9.17) is 11.6 Å². The number of hydrogen-bond donors (Lipinski definition) is 3. The molecule has 1 unspecified atom stereocenters. The summed E-state index contributed by atoms with van der Waals surface area (Å²) in [7, 11) is 1.70. The molecule has 2 aromatic rings. The molecule has 126 valence electrons. The highest BCUT2D eigenvalue weighted by Crippen LogP contribution is 2.19. The van der Waals surface area contributed by atoms with Crippen molar-refractivity contribution in [2.75, 3.05) is 30.8 Å². The highest BCUT2D eigenvalue weighted by molar-refractivity contribution is 6.33. The molecule has 0 radical (unpaired) electrons. The minimum atomic E-state index is -0.500. The van der Waals surface area contributed by atoms with Crippen LogP contribution in [0.5, 0.6) is 0 Å². The van der Waals surface area contributed by atoms with E-state index in [0.717, 1.165) is 0 Å². The first-order valence-corrected chi connectivity index (χ1v) is 7.73. The van der Waals surface area contributed by atoms with E-state index >= 15 is 0 Å². The second-order valence-electron chi connectivity index (χ2n) is 5.37. The Morgan fingerprint density at radius 3 is 2.04 bits per heavy atom. The molecule has 2 rings (SSSR count). The number of amides is 2. The molecule has 24 heavy (non-hydrogen) atoms. The molecule has 3 N–H and O–H groups in total. The van der Waals surface area contributed by atoms with Gasteiger partial charge in [-0.2, -0.15) is 0 Å². The summed E-state index contributed by atoms with van der Waals surface area (Å²) in [6.07, 6.45) is 0. The van der Waals surface area contributed by atoms with Crippen molar-refractivity contribution in [3.63, 3.8) is 0 Å². The van der Waals surface area contributed by atoms with Crippen molar-refractivity contribution in [1.29, 1.82) is 0 Å². The number of rotatable bonds is 6. The summed E-state index contributed by atoms with van der Waals surface area (Å²) in [6.45, 7) is 0.111. The SMILES string of the molecule is C[NH+](CC(=O)Nc1ccccc1F)CC(=O)Nc1ccccc1Cl. The van der Waals surface area contributed by atoms with Crippen LogP contribution in [-0.2, 0) is 9.59 Å². The third kappa shape index (κ3) is 5.33. The second-order valence-corrected chi connectivity index (χ2v) is 5.77. The van der Waals surface area contributed by atoms with Gasteiger partial charge in [0.2, 0.25) is 0 Å². The van der Waals surface area contributed by atoms with Gasteiger partial charge in [0, 0.05) is 0 Å². The fraction of sp³-hybridized carbons (Fsp3) is 0.176. The third-order valence-corrected chi connectivity index (χ3v) is 3.55. The Labute approximate surface area is 144 Å². The summed E-state index contributed by atoms with van der Waals surface area (Å²) in [4.78, 5) is 24.6. The predicted octanol–water partition coefficient (Wildman–Crippen LogP) is 1.57. The van der Waals surface area contributed by atoms with Gasteiger partial charge < -0.3 is 15.5 Å². The van der Waals surface area contributed by atoms with Crippen LogP contribution in [0.25, 0.3) is 0 Å². The smallest absolute Gasteiger partial charge is 0.279 e. The van der Waals surface area contributed by atoms with E-state index in [9.17, 15) is 14.0 Å². The molecule has 2 aromatic carbocycles. The van der Waals surface area contributed by atoms with Gasteiger partial charge in [-0.25, -0.2) is 4.39 Å². The van der Waals surface area contributed by atoms with Crippen LogP contribution >= 0.6 is 11.6 Å². The van der Waals surface area contributed by atoms with Gasteiger partial charge in [0.1, 0.15) is 5.82 Å². The maximum Gasteiger partial charge on any atom is 0.279 e. The van der Waals surface area contributed by atoms with Crippen molar-refractivity contribution in [3.8, 4) is 0 Å². The zero-order valence-corrected chi connectivity index (χ0v) is 13.9. The molecule has 5 nitrogen and oxygen atoms in total. The average Bonchev–Trinajstić information content (AvgIpc) is 2.51. The van der Waals surface area contributed by atoms with E-state index in [2.05, 4.69) is 10.6 Å². The minimum absolute atomic E-state index is 0.0320. The summed E-state index contributed by atoms with van der Waals surface area (Å²) < 4.78 is 13.5. The minimum Gasteiger partial charge on any atom is -0.322 e. The van der Waals surface area contributed by atoms with Gasteiger partial charge in [0.25, 0.3) is 11.8 Å². The summed E-state index contributed by atoms with van der Waals surface area (Å²) in [5.74, 6) is -1.14. The third-order valence-electron chi connectivity index (χ3n) is 3.22. The topological polar surface area (TPSA) is 62.6 Å². The Balaban J connectivity index is 1.83. The molecular weight excluding hydrogens is 333 g/mol. The van der Waals surface area contributed by atoms with Crippen molar-refractivity contribution < 1.29 is 18.9 Å². The Morgan fingerprint density at radius 2 is 1.46 bits per heavy atom. The molecule has 0 aliphatic heterocycles. The molecule has 0 aliphatic carbocycles. The van der Waals surface area contributed by atoms with Gasteiger partial charge in [0.05, 0.1) is 23.4 Å². The molecule has 0 heterocycles. The predicted molar refractivity (Wildman–Crippen MR) is 91.7 cm³/mol. The first-order chi connectivity index (χ1) is 11.5. The van der Waals surface area contributed by atoms with Crippen molar-refractivity contribution in [3.05, 3.63) is 59.4 Å². The lowest BCUT2D eigenvalue weighted by Crippen LogP contribution is -3.11.